The number of aromatic nitrogens is 1. The lowest BCUT2D eigenvalue weighted by Gasteiger charge is -2.34. The van der Waals surface area contributed by atoms with Crippen LogP contribution in [-0.2, 0) is 0 Å². The number of nitrogens with one attached hydrogen (secondary N) is 3. The van der Waals surface area contributed by atoms with Crippen molar-refractivity contribution in [3.63, 3.8) is 0 Å². The summed E-state index contributed by atoms with van der Waals surface area (Å²) >= 11 is 0. The lowest BCUT2D eigenvalue weighted by molar-refractivity contribution is 0.0196. The minimum atomic E-state index is -0.636. The molecule has 1 aliphatic carbocycles. The topological polar surface area (TPSA) is 101 Å². The van der Waals surface area contributed by atoms with Crippen molar-refractivity contribution in [2.75, 3.05) is 48.8 Å². The van der Waals surface area contributed by atoms with Crippen molar-refractivity contribution in [3.05, 3.63) is 52.4 Å². The molecule has 2 aliphatic rings. The van der Waals surface area contributed by atoms with Crippen molar-refractivity contribution in [2.24, 2.45) is 0 Å². The second-order valence-electron chi connectivity index (χ2n) is 9.30. The number of likely N-dealkylation sites (N-methyl/N-ethyl adjacent to an activating group) is 1. The van der Waals surface area contributed by atoms with Gasteiger partial charge in [0.25, 0.3) is 11.5 Å². The van der Waals surface area contributed by atoms with Gasteiger partial charge in [-0.1, -0.05) is 0 Å². The molecule has 4 rings (SSSR count). The van der Waals surface area contributed by atoms with E-state index in [1.165, 1.54) is 0 Å². The number of anilines is 3. The molecule has 8 heteroatoms. The van der Waals surface area contributed by atoms with E-state index >= 15 is 0 Å². The van der Waals surface area contributed by atoms with Gasteiger partial charge in [0.2, 0.25) is 0 Å². The minimum Gasteiger partial charge on any atom is -0.390 e. The second kappa shape index (κ2) is 9.34. The monoisotopic (exact) mass is 439 g/mol. The van der Waals surface area contributed by atoms with Gasteiger partial charge in [-0.05, 0) is 70.0 Å². The molecule has 2 aromatic rings. The molecule has 172 valence electrons. The fourth-order valence-corrected chi connectivity index (χ4v) is 4.44. The normalized spacial score (nSPS) is 24.2. The lowest BCUT2D eigenvalue weighted by Crippen LogP contribution is -2.44. The molecule has 0 unspecified atom stereocenters. The van der Waals surface area contributed by atoms with Crippen LogP contribution in [0, 0.1) is 0 Å². The first-order chi connectivity index (χ1) is 15.3. The van der Waals surface area contributed by atoms with Crippen LogP contribution in [0.25, 0.3) is 0 Å². The van der Waals surface area contributed by atoms with Crippen molar-refractivity contribution in [3.8, 4) is 0 Å². The van der Waals surface area contributed by atoms with Crippen LogP contribution < -0.4 is 21.1 Å². The number of benzene rings is 1. The Kier molecular flexibility index (Phi) is 6.53. The SMILES string of the molecule is CN1CCN(c2ccc(NC(=O)c3c(NC4CCC(C)(O)CC4)cc[nH]c3=O)cc2)CC1. The summed E-state index contributed by atoms with van der Waals surface area (Å²) in [6, 6.07) is 9.59. The van der Waals surface area contributed by atoms with Gasteiger partial charge in [0.1, 0.15) is 5.56 Å². The Labute approximate surface area is 188 Å². The Bertz CT molecular complexity index is 983. The maximum absolute atomic E-state index is 13.0. The summed E-state index contributed by atoms with van der Waals surface area (Å²) in [7, 11) is 2.13. The van der Waals surface area contributed by atoms with E-state index in [4.69, 9.17) is 0 Å². The maximum atomic E-state index is 13.0. The summed E-state index contributed by atoms with van der Waals surface area (Å²) < 4.78 is 0. The predicted octanol–water partition coefficient (Wildman–Crippen LogP) is 2.48. The Hall–Kier alpha value is -2.84. The largest absolute Gasteiger partial charge is 0.390 e. The molecule has 2 heterocycles. The standard InChI is InChI=1S/C24H33N5O3/c1-24(32)10-7-18(8-11-24)26-20-9-12-25-22(30)21(20)23(31)27-17-3-5-19(6-4-17)29-15-13-28(2)14-16-29/h3-6,9,12,18,32H,7-8,10-11,13-16H2,1-2H3,(H,27,31)(H2,25,26,30). The zero-order valence-corrected chi connectivity index (χ0v) is 18.9. The van der Waals surface area contributed by atoms with Gasteiger partial charge in [0.05, 0.1) is 11.3 Å². The van der Waals surface area contributed by atoms with Crippen LogP contribution in [0.15, 0.2) is 41.3 Å². The molecular weight excluding hydrogens is 406 g/mol. The van der Waals surface area contributed by atoms with Gasteiger partial charge >= 0.3 is 0 Å². The van der Waals surface area contributed by atoms with Crippen molar-refractivity contribution >= 4 is 23.0 Å². The molecule has 2 fully saturated rings. The average molecular weight is 440 g/mol. The number of piperazine rings is 1. The Morgan fingerprint density at radius 2 is 1.75 bits per heavy atom. The highest BCUT2D eigenvalue weighted by atomic mass is 16.3. The zero-order valence-electron chi connectivity index (χ0n) is 18.9. The molecule has 1 saturated heterocycles. The number of amides is 1. The molecule has 0 radical (unpaired) electrons. The van der Waals surface area contributed by atoms with E-state index in [-0.39, 0.29) is 11.6 Å². The molecule has 4 N–H and O–H groups in total. The predicted molar refractivity (Wildman–Crippen MR) is 128 cm³/mol. The molecule has 32 heavy (non-hydrogen) atoms. The molecule has 0 atom stereocenters. The third kappa shape index (κ3) is 5.31. The summed E-state index contributed by atoms with van der Waals surface area (Å²) in [6.07, 6.45) is 4.50. The van der Waals surface area contributed by atoms with Gasteiger partial charge in [-0.25, -0.2) is 0 Å². The van der Waals surface area contributed by atoms with Crippen LogP contribution in [-0.4, -0.2) is 65.8 Å². The van der Waals surface area contributed by atoms with Crippen LogP contribution in [0.2, 0.25) is 0 Å². The van der Waals surface area contributed by atoms with E-state index in [0.717, 1.165) is 44.7 Å². The van der Waals surface area contributed by atoms with Gasteiger partial charge in [0, 0.05) is 49.8 Å². The van der Waals surface area contributed by atoms with Gasteiger partial charge in [0.15, 0.2) is 0 Å². The van der Waals surface area contributed by atoms with Crippen molar-refractivity contribution in [2.45, 2.75) is 44.2 Å². The fraction of sp³-hybridized carbons (Fsp3) is 0.500. The first kappa shape index (κ1) is 22.4. The second-order valence-corrected chi connectivity index (χ2v) is 9.30. The molecule has 1 aromatic heterocycles. The number of hydrogen-bond acceptors (Lipinski definition) is 6. The Morgan fingerprint density at radius 3 is 2.41 bits per heavy atom. The highest BCUT2D eigenvalue weighted by molar-refractivity contribution is 6.07. The highest BCUT2D eigenvalue weighted by Crippen LogP contribution is 2.30. The minimum absolute atomic E-state index is 0.0768. The third-order valence-corrected chi connectivity index (χ3v) is 6.60. The first-order valence-corrected chi connectivity index (χ1v) is 11.4. The van der Waals surface area contributed by atoms with Crippen LogP contribution in [0.3, 0.4) is 0 Å². The molecule has 1 amide bonds. The smallest absolute Gasteiger partial charge is 0.263 e. The van der Waals surface area contributed by atoms with Crippen molar-refractivity contribution in [1.29, 1.82) is 0 Å². The third-order valence-electron chi connectivity index (χ3n) is 6.60. The number of carbonyl (C=O) groups excluding carboxylic acids is 1. The quantitative estimate of drug-likeness (QED) is 0.571. The average Bonchev–Trinajstić information content (AvgIpc) is 2.76. The molecular formula is C24H33N5O3. The van der Waals surface area contributed by atoms with E-state index in [1.54, 1.807) is 12.3 Å². The molecule has 1 aliphatic heterocycles. The van der Waals surface area contributed by atoms with Crippen LogP contribution in [0.1, 0.15) is 43.0 Å². The van der Waals surface area contributed by atoms with E-state index in [1.807, 2.05) is 31.2 Å². The molecule has 1 aromatic carbocycles. The van der Waals surface area contributed by atoms with Crippen LogP contribution >= 0.6 is 0 Å². The van der Waals surface area contributed by atoms with Crippen LogP contribution in [0.5, 0.6) is 0 Å². The Balaban J connectivity index is 1.43. The molecule has 0 spiro atoms. The number of H-pyrrole nitrogens is 1. The number of aromatic amines is 1. The molecule has 8 nitrogen and oxygen atoms in total. The van der Waals surface area contributed by atoms with Gasteiger partial charge < -0.3 is 30.5 Å². The first-order valence-electron chi connectivity index (χ1n) is 11.4. The lowest BCUT2D eigenvalue weighted by atomic mass is 9.83. The van der Waals surface area contributed by atoms with Gasteiger partial charge in [-0.15, -0.1) is 0 Å². The number of rotatable bonds is 5. The number of pyridine rings is 1. The van der Waals surface area contributed by atoms with Crippen molar-refractivity contribution < 1.29 is 9.90 Å². The summed E-state index contributed by atoms with van der Waals surface area (Å²) in [4.78, 5) is 32.7. The van der Waals surface area contributed by atoms with Gasteiger partial charge in [-0.2, -0.15) is 0 Å². The summed E-state index contributed by atoms with van der Waals surface area (Å²) in [5, 5.41) is 16.4. The maximum Gasteiger partial charge on any atom is 0.263 e. The highest BCUT2D eigenvalue weighted by Gasteiger charge is 2.29. The number of nitrogens with zero attached hydrogens (tertiary/aromatic N) is 2. The zero-order chi connectivity index (χ0) is 22.7. The van der Waals surface area contributed by atoms with Crippen LogP contribution in [0.4, 0.5) is 17.1 Å². The number of carbonyl (C=O) groups is 1. The Morgan fingerprint density at radius 1 is 1.09 bits per heavy atom. The van der Waals surface area contributed by atoms with E-state index in [9.17, 15) is 14.7 Å². The van der Waals surface area contributed by atoms with Gasteiger partial charge in [-0.3, -0.25) is 9.59 Å². The molecule has 1 saturated carbocycles. The van der Waals surface area contributed by atoms with E-state index < -0.39 is 17.1 Å². The van der Waals surface area contributed by atoms with Crippen molar-refractivity contribution in [1.82, 2.24) is 9.88 Å². The summed E-state index contributed by atoms with van der Waals surface area (Å²) in [6.45, 7) is 5.87. The number of aliphatic hydroxyl groups is 1. The number of hydrogen-bond donors (Lipinski definition) is 4. The summed E-state index contributed by atoms with van der Waals surface area (Å²) in [5.74, 6) is -0.440. The van der Waals surface area contributed by atoms with E-state index in [2.05, 4.69) is 32.5 Å². The molecule has 0 bridgehead atoms. The van der Waals surface area contributed by atoms with E-state index in [0.29, 0.717) is 24.2 Å². The fourth-order valence-electron chi connectivity index (χ4n) is 4.44. The summed E-state index contributed by atoms with van der Waals surface area (Å²) in [5.41, 5.74) is 1.31.